The van der Waals surface area contributed by atoms with E-state index in [1.807, 2.05) is 6.92 Å². The highest BCUT2D eigenvalue weighted by Gasteiger charge is 2.28. The van der Waals surface area contributed by atoms with Crippen LogP contribution in [0.15, 0.2) is 18.2 Å². The molecule has 0 radical (unpaired) electrons. The Morgan fingerprint density at radius 1 is 1.35 bits per heavy atom. The predicted molar refractivity (Wildman–Crippen MR) is 82.5 cm³/mol. The molecule has 0 spiro atoms. The van der Waals surface area contributed by atoms with Crippen LogP contribution >= 0.6 is 12.2 Å². The lowest BCUT2D eigenvalue weighted by molar-refractivity contribution is 0.0926. The Morgan fingerprint density at radius 2 is 1.95 bits per heavy atom. The van der Waals surface area contributed by atoms with Gasteiger partial charge in [0.15, 0.2) is 11.5 Å². The third kappa shape index (κ3) is 3.39. The highest BCUT2D eigenvalue weighted by molar-refractivity contribution is 7.80. The van der Waals surface area contributed by atoms with Gasteiger partial charge in [-0.15, -0.1) is 0 Å². The summed E-state index contributed by atoms with van der Waals surface area (Å²) in [5.74, 6) is 0.799. The minimum atomic E-state index is -0.709. The van der Waals surface area contributed by atoms with Crippen LogP contribution in [0.3, 0.4) is 0 Å². The zero-order chi connectivity index (χ0) is 15.3. The monoisotopic (exact) mass is 296 g/mol. The molecule has 0 saturated carbocycles. The molecule has 0 bridgehead atoms. The first-order valence-electron chi connectivity index (χ1n) is 6.22. The molecule has 0 aliphatic rings. The minimum absolute atomic E-state index is 0.258. The number of hydrogen-bond acceptors (Lipinski definition) is 4. The molecular formula is C14H20N2O3S. The van der Waals surface area contributed by atoms with Crippen molar-refractivity contribution in [1.29, 1.82) is 0 Å². The van der Waals surface area contributed by atoms with Crippen molar-refractivity contribution in [3.63, 3.8) is 0 Å². The topological polar surface area (TPSA) is 73.6 Å². The number of ether oxygens (including phenoxy) is 2. The lowest BCUT2D eigenvalue weighted by Crippen LogP contribution is -2.54. The van der Waals surface area contributed by atoms with Crippen molar-refractivity contribution in [2.75, 3.05) is 14.2 Å². The fourth-order valence-electron chi connectivity index (χ4n) is 1.62. The van der Waals surface area contributed by atoms with Crippen molar-refractivity contribution >= 4 is 23.1 Å². The van der Waals surface area contributed by atoms with E-state index in [2.05, 4.69) is 5.32 Å². The SMILES string of the molecule is CCC(C)(NC(=O)c1ccc(OC)c(OC)c1)C(N)=S. The van der Waals surface area contributed by atoms with Gasteiger partial charge in [0, 0.05) is 5.56 Å². The maximum Gasteiger partial charge on any atom is 0.252 e. The molecule has 1 rings (SSSR count). The zero-order valence-corrected chi connectivity index (χ0v) is 13.0. The van der Waals surface area contributed by atoms with Gasteiger partial charge in [0.05, 0.1) is 24.7 Å². The van der Waals surface area contributed by atoms with Crippen LogP contribution in [0.1, 0.15) is 30.6 Å². The van der Waals surface area contributed by atoms with E-state index in [1.165, 1.54) is 7.11 Å². The summed E-state index contributed by atoms with van der Waals surface area (Å²) in [6.07, 6.45) is 0.612. The summed E-state index contributed by atoms with van der Waals surface area (Å²) in [7, 11) is 3.06. The summed E-state index contributed by atoms with van der Waals surface area (Å²) in [6, 6.07) is 4.95. The van der Waals surface area contributed by atoms with E-state index < -0.39 is 5.54 Å². The Balaban J connectivity index is 3.01. The fourth-order valence-corrected chi connectivity index (χ4v) is 1.82. The number of nitrogens with one attached hydrogen (secondary N) is 1. The van der Waals surface area contributed by atoms with Crippen molar-refractivity contribution in [3.05, 3.63) is 23.8 Å². The third-order valence-electron chi connectivity index (χ3n) is 3.29. The van der Waals surface area contributed by atoms with Crippen LogP contribution in [0, 0.1) is 0 Å². The van der Waals surface area contributed by atoms with Gasteiger partial charge < -0.3 is 20.5 Å². The Hall–Kier alpha value is -1.82. The second kappa shape index (κ2) is 6.56. The van der Waals surface area contributed by atoms with Gasteiger partial charge in [-0.2, -0.15) is 0 Å². The molecule has 20 heavy (non-hydrogen) atoms. The van der Waals surface area contributed by atoms with Crippen LogP contribution in [0.4, 0.5) is 0 Å². The van der Waals surface area contributed by atoms with Gasteiger partial charge in [0.25, 0.3) is 5.91 Å². The average molecular weight is 296 g/mol. The smallest absolute Gasteiger partial charge is 0.252 e. The lowest BCUT2D eigenvalue weighted by atomic mass is 9.98. The number of hydrogen-bond donors (Lipinski definition) is 2. The normalized spacial score (nSPS) is 13.2. The molecule has 110 valence electrons. The third-order valence-corrected chi connectivity index (χ3v) is 3.74. The van der Waals surface area contributed by atoms with Crippen LogP contribution < -0.4 is 20.5 Å². The van der Waals surface area contributed by atoms with E-state index in [0.717, 1.165) is 0 Å². The first kappa shape index (κ1) is 16.2. The van der Waals surface area contributed by atoms with E-state index in [-0.39, 0.29) is 10.9 Å². The predicted octanol–water partition coefficient (Wildman–Crippen LogP) is 1.89. The van der Waals surface area contributed by atoms with E-state index in [4.69, 9.17) is 27.4 Å². The van der Waals surface area contributed by atoms with E-state index in [0.29, 0.717) is 23.5 Å². The Labute approximate surface area is 124 Å². The number of benzene rings is 1. The summed E-state index contributed by atoms with van der Waals surface area (Å²) in [4.78, 5) is 12.5. The molecule has 1 amide bonds. The molecule has 0 saturated heterocycles. The van der Waals surface area contributed by atoms with Gasteiger partial charge in [0.1, 0.15) is 0 Å². The number of carbonyl (C=O) groups is 1. The van der Waals surface area contributed by atoms with Crippen LogP contribution in [0.25, 0.3) is 0 Å². The molecule has 6 heteroatoms. The molecule has 0 fully saturated rings. The molecule has 3 N–H and O–H groups in total. The Bertz CT molecular complexity index is 519. The molecule has 1 aromatic carbocycles. The fraction of sp³-hybridized carbons (Fsp3) is 0.429. The van der Waals surface area contributed by atoms with Crippen molar-refractivity contribution in [3.8, 4) is 11.5 Å². The highest BCUT2D eigenvalue weighted by atomic mass is 32.1. The maximum atomic E-state index is 12.3. The largest absolute Gasteiger partial charge is 0.493 e. The molecular weight excluding hydrogens is 276 g/mol. The molecule has 1 atom stereocenters. The van der Waals surface area contributed by atoms with Gasteiger partial charge in [-0.3, -0.25) is 4.79 Å². The van der Waals surface area contributed by atoms with E-state index in [9.17, 15) is 4.79 Å². The lowest BCUT2D eigenvalue weighted by Gasteiger charge is -2.28. The maximum absolute atomic E-state index is 12.3. The first-order valence-corrected chi connectivity index (χ1v) is 6.63. The summed E-state index contributed by atoms with van der Waals surface area (Å²) >= 11 is 5.00. The van der Waals surface area contributed by atoms with Crippen LogP contribution in [0.2, 0.25) is 0 Å². The molecule has 0 aliphatic heterocycles. The van der Waals surface area contributed by atoms with Gasteiger partial charge in [-0.25, -0.2) is 0 Å². The molecule has 0 aliphatic carbocycles. The first-order chi connectivity index (χ1) is 9.37. The summed E-state index contributed by atoms with van der Waals surface area (Å²) in [6.45, 7) is 3.71. The van der Waals surface area contributed by atoms with E-state index in [1.54, 1.807) is 32.2 Å². The second-order valence-corrected chi connectivity index (χ2v) is 5.01. The van der Waals surface area contributed by atoms with Gasteiger partial charge in [-0.1, -0.05) is 19.1 Å². The number of amides is 1. The van der Waals surface area contributed by atoms with Gasteiger partial charge in [0.2, 0.25) is 0 Å². The number of nitrogens with two attached hydrogens (primary N) is 1. The Morgan fingerprint density at radius 3 is 2.40 bits per heavy atom. The molecule has 0 aromatic heterocycles. The van der Waals surface area contributed by atoms with E-state index >= 15 is 0 Å². The molecule has 5 nitrogen and oxygen atoms in total. The quantitative estimate of drug-likeness (QED) is 0.784. The Kier molecular flexibility index (Phi) is 5.33. The van der Waals surface area contributed by atoms with Crippen molar-refractivity contribution in [1.82, 2.24) is 5.32 Å². The standard InChI is InChI=1S/C14H20N2O3S/c1-5-14(2,13(15)20)16-12(17)9-6-7-10(18-3)11(8-9)19-4/h6-8H,5H2,1-4H3,(H2,15,20)(H,16,17). The molecule has 1 unspecified atom stereocenters. The van der Waals surface area contributed by atoms with Crippen molar-refractivity contribution in [2.45, 2.75) is 25.8 Å². The molecule has 1 aromatic rings. The zero-order valence-electron chi connectivity index (χ0n) is 12.1. The van der Waals surface area contributed by atoms with Gasteiger partial charge >= 0.3 is 0 Å². The number of carbonyl (C=O) groups excluding carboxylic acids is 1. The summed E-state index contributed by atoms with van der Waals surface area (Å²) < 4.78 is 10.3. The van der Waals surface area contributed by atoms with Crippen LogP contribution in [-0.2, 0) is 0 Å². The minimum Gasteiger partial charge on any atom is -0.493 e. The number of thiocarbonyl (C=S) groups is 1. The number of rotatable bonds is 6. The molecule has 0 heterocycles. The summed E-state index contributed by atoms with van der Waals surface area (Å²) in [5.41, 5.74) is 5.43. The van der Waals surface area contributed by atoms with Crippen LogP contribution in [-0.4, -0.2) is 30.7 Å². The van der Waals surface area contributed by atoms with Crippen molar-refractivity contribution in [2.24, 2.45) is 5.73 Å². The van der Waals surface area contributed by atoms with Gasteiger partial charge in [-0.05, 0) is 31.5 Å². The second-order valence-electron chi connectivity index (χ2n) is 4.57. The average Bonchev–Trinajstić information content (AvgIpc) is 2.45. The summed E-state index contributed by atoms with van der Waals surface area (Å²) in [5, 5.41) is 2.85. The highest BCUT2D eigenvalue weighted by Crippen LogP contribution is 2.27. The van der Waals surface area contributed by atoms with Crippen LogP contribution in [0.5, 0.6) is 11.5 Å². The van der Waals surface area contributed by atoms with Crippen molar-refractivity contribution < 1.29 is 14.3 Å². The number of methoxy groups -OCH3 is 2.